The Kier molecular flexibility index (Phi) is 7.84. The fraction of sp³-hybridized carbons (Fsp3) is 0.400. The van der Waals surface area contributed by atoms with Crippen molar-refractivity contribution in [1.29, 1.82) is 0 Å². The lowest BCUT2D eigenvalue weighted by Gasteiger charge is -2.18. The normalized spacial score (nSPS) is 13.3. The van der Waals surface area contributed by atoms with Crippen molar-refractivity contribution in [3.05, 3.63) is 68.1 Å². The number of aryl methyl sites for hydroxylation is 2. The third-order valence-electron chi connectivity index (χ3n) is 4.76. The van der Waals surface area contributed by atoms with E-state index in [0.29, 0.717) is 28.8 Å². The van der Waals surface area contributed by atoms with Gasteiger partial charge in [-0.3, -0.25) is 4.79 Å². The molecule has 1 fully saturated rings. The van der Waals surface area contributed by atoms with E-state index in [1.54, 1.807) is 6.20 Å². The highest BCUT2D eigenvalue weighted by Crippen LogP contribution is 2.24. The Morgan fingerprint density at radius 1 is 1.10 bits per heavy atom. The molecule has 0 radical (unpaired) electrons. The van der Waals surface area contributed by atoms with Crippen molar-refractivity contribution in [2.75, 3.05) is 25.0 Å². The van der Waals surface area contributed by atoms with Crippen LogP contribution in [-0.4, -0.2) is 40.1 Å². The zero-order chi connectivity index (χ0) is 21.5. The van der Waals surface area contributed by atoms with Crippen molar-refractivity contribution in [2.24, 2.45) is 5.73 Å². The topological polar surface area (TPSA) is 103 Å². The molecule has 1 aliphatic heterocycles. The van der Waals surface area contributed by atoms with E-state index in [4.69, 9.17) is 27.7 Å². The van der Waals surface area contributed by atoms with Crippen LogP contribution in [0.25, 0.3) is 0 Å². The van der Waals surface area contributed by atoms with Gasteiger partial charge in [0.25, 0.3) is 5.56 Å². The molecule has 3 heterocycles. The molecule has 30 heavy (non-hydrogen) atoms. The molecular formula is C20H24Cl2N6O2. The predicted octanol–water partition coefficient (Wildman–Crippen LogP) is 2.94. The number of halogens is 2. The van der Waals surface area contributed by atoms with Crippen LogP contribution in [0.15, 0.2) is 39.8 Å². The number of aromatic nitrogens is 4. The van der Waals surface area contributed by atoms with Gasteiger partial charge in [-0.15, -0.1) is 0 Å². The maximum absolute atomic E-state index is 12.5. The van der Waals surface area contributed by atoms with Crippen LogP contribution in [0.4, 0.5) is 5.69 Å². The molecule has 1 aromatic carbocycles. The van der Waals surface area contributed by atoms with Gasteiger partial charge in [-0.1, -0.05) is 40.5 Å². The molecule has 4 rings (SSSR count). The monoisotopic (exact) mass is 450 g/mol. The van der Waals surface area contributed by atoms with E-state index >= 15 is 0 Å². The molecule has 0 spiro atoms. The number of nitrogens with two attached hydrogens (primary N) is 1. The number of hydrogen-bond donors (Lipinski definition) is 1. The fourth-order valence-electron chi connectivity index (χ4n) is 3.24. The van der Waals surface area contributed by atoms with Gasteiger partial charge in [0.1, 0.15) is 11.6 Å². The van der Waals surface area contributed by atoms with Crippen LogP contribution in [0.1, 0.15) is 30.1 Å². The molecule has 0 atom stereocenters. The van der Waals surface area contributed by atoms with Crippen molar-refractivity contribution in [2.45, 2.75) is 32.2 Å². The average molecular weight is 451 g/mol. The Morgan fingerprint density at radius 2 is 1.80 bits per heavy atom. The highest BCUT2D eigenvalue weighted by molar-refractivity contribution is 6.33. The molecular weight excluding hydrogens is 427 g/mol. The van der Waals surface area contributed by atoms with Gasteiger partial charge in [0.15, 0.2) is 5.82 Å². The second-order valence-corrected chi connectivity index (χ2v) is 7.55. The van der Waals surface area contributed by atoms with E-state index < -0.39 is 0 Å². The molecule has 0 unspecified atom stereocenters. The summed E-state index contributed by atoms with van der Waals surface area (Å²) in [7, 11) is 1.50. The van der Waals surface area contributed by atoms with Crippen molar-refractivity contribution in [1.82, 2.24) is 19.9 Å². The highest BCUT2D eigenvalue weighted by atomic mass is 35.5. The lowest BCUT2D eigenvalue weighted by molar-refractivity contribution is 0.358. The van der Waals surface area contributed by atoms with Gasteiger partial charge >= 0.3 is 0 Å². The van der Waals surface area contributed by atoms with Crippen molar-refractivity contribution in [3.8, 4) is 0 Å². The standard InChI is InChI=1S/C19H19Cl2N5O2.CH5N/c20-14-6-3-13(4-7-14)5-8-16-23-17(28-24-16)12-26-19(27)18(21)15(11-22-26)25-9-1-2-10-25;1-2/h3-4,6-7,11H,1-2,5,8-10,12H2;2H2,1H3. The maximum Gasteiger partial charge on any atom is 0.288 e. The zero-order valence-corrected chi connectivity index (χ0v) is 18.2. The summed E-state index contributed by atoms with van der Waals surface area (Å²) < 4.78 is 6.51. The molecule has 2 aromatic heterocycles. The van der Waals surface area contributed by atoms with Gasteiger partial charge < -0.3 is 15.2 Å². The van der Waals surface area contributed by atoms with Gasteiger partial charge in [0, 0.05) is 24.5 Å². The minimum absolute atomic E-state index is 0.0901. The maximum atomic E-state index is 12.5. The van der Waals surface area contributed by atoms with E-state index in [9.17, 15) is 4.79 Å². The summed E-state index contributed by atoms with van der Waals surface area (Å²) in [5, 5.41) is 9.10. The largest absolute Gasteiger partial charge is 0.369 e. The first-order chi connectivity index (χ1) is 14.6. The highest BCUT2D eigenvalue weighted by Gasteiger charge is 2.19. The van der Waals surface area contributed by atoms with E-state index in [0.717, 1.165) is 37.9 Å². The fourth-order valence-corrected chi connectivity index (χ4v) is 3.63. The lowest BCUT2D eigenvalue weighted by Crippen LogP contribution is -2.28. The number of anilines is 1. The van der Waals surface area contributed by atoms with Crippen LogP contribution >= 0.6 is 23.2 Å². The van der Waals surface area contributed by atoms with E-state index in [1.165, 1.54) is 11.7 Å². The molecule has 0 aliphatic carbocycles. The lowest BCUT2D eigenvalue weighted by atomic mass is 10.1. The van der Waals surface area contributed by atoms with Gasteiger partial charge in [0.05, 0.1) is 11.9 Å². The van der Waals surface area contributed by atoms with Crippen LogP contribution in [0.5, 0.6) is 0 Å². The number of benzene rings is 1. The van der Waals surface area contributed by atoms with Crippen molar-refractivity contribution >= 4 is 28.9 Å². The molecule has 2 N–H and O–H groups in total. The Hall–Kier alpha value is -2.42. The van der Waals surface area contributed by atoms with E-state index in [-0.39, 0.29) is 17.1 Å². The molecule has 3 aromatic rings. The van der Waals surface area contributed by atoms with E-state index in [2.05, 4.69) is 25.9 Å². The minimum atomic E-state index is -0.355. The second-order valence-electron chi connectivity index (χ2n) is 6.73. The second kappa shape index (κ2) is 10.6. The number of hydrogen-bond acceptors (Lipinski definition) is 7. The predicted molar refractivity (Wildman–Crippen MR) is 117 cm³/mol. The number of rotatable bonds is 6. The quantitative estimate of drug-likeness (QED) is 0.615. The Balaban J connectivity index is 0.00000124. The van der Waals surface area contributed by atoms with Crippen LogP contribution in [0.3, 0.4) is 0 Å². The van der Waals surface area contributed by atoms with Crippen molar-refractivity contribution < 1.29 is 4.52 Å². The van der Waals surface area contributed by atoms with Crippen molar-refractivity contribution in [3.63, 3.8) is 0 Å². The minimum Gasteiger partial charge on any atom is -0.369 e. The molecule has 0 saturated carbocycles. The van der Waals surface area contributed by atoms with Gasteiger partial charge in [0.2, 0.25) is 5.89 Å². The molecule has 0 amide bonds. The van der Waals surface area contributed by atoms with Crippen LogP contribution in [0, 0.1) is 0 Å². The zero-order valence-electron chi connectivity index (χ0n) is 16.7. The SMILES string of the molecule is CN.O=c1c(Cl)c(N2CCCC2)cnn1Cc1nc(CCc2ccc(Cl)cc2)no1. The van der Waals surface area contributed by atoms with Crippen LogP contribution < -0.4 is 16.2 Å². The summed E-state index contributed by atoms with van der Waals surface area (Å²) in [5.41, 5.74) is 5.97. The molecule has 1 saturated heterocycles. The molecule has 8 nitrogen and oxygen atoms in total. The van der Waals surface area contributed by atoms with Crippen LogP contribution in [-0.2, 0) is 19.4 Å². The summed E-state index contributed by atoms with van der Waals surface area (Å²) in [6.45, 7) is 1.88. The van der Waals surface area contributed by atoms with Crippen LogP contribution in [0.2, 0.25) is 10.0 Å². The molecule has 1 aliphatic rings. The van der Waals surface area contributed by atoms with Gasteiger partial charge in [-0.2, -0.15) is 10.1 Å². The molecule has 0 bridgehead atoms. The van der Waals surface area contributed by atoms with Gasteiger partial charge in [-0.05, 0) is 44.0 Å². The Labute approximate surface area is 184 Å². The molecule has 10 heteroatoms. The first kappa shape index (κ1) is 22.3. The summed E-state index contributed by atoms with van der Waals surface area (Å²) in [6, 6.07) is 7.64. The van der Waals surface area contributed by atoms with E-state index in [1.807, 2.05) is 24.3 Å². The molecule has 160 valence electrons. The summed E-state index contributed by atoms with van der Waals surface area (Å²) in [5.74, 6) is 0.906. The first-order valence-corrected chi connectivity index (χ1v) is 10.5. The summed E-state index contributed by atoms with van der Waals surface area (Å²) >= 11 is 12.2. The smallest absolute Gasteiger partial charge is 0.288 e. The summed E-state index contributed by atoms with van der Waals surface area (Å²) in [6.07, 6.45) is 5.22. The Morgan fingerprint density at radius 3 is 2.50 bits per heavy atom. The average Bonchev–Trinajstić information content (AvgIpc) is 3.45. The summed E-state index contributed by atoms with van der Waals surface area (Å²) in [4.78, 5) is 19.0. The van der Waals surface area contributed by atoms with Gasteiger partial charge in [-0.25, -0.2) is 4.68 Å². The number of nitrogens with zero attached hydrogens (tertiary/aromatic N) is 5. The first-order valence-electron chi connectivity index (χ1n) is 9.74. The third-order valence-corrected chi connectivity index (χ3v) is 5.37. The third kappa shape index (κ3) is 5.38. The Bertz CT molecular complexity index is 1010.